The first kappa shape index (κ1) is 10.2. The molecule has 2 N–H and O–H groups in total. The van der Waals surface area contributed by atoms with Crippen molar-refractivity contribution in [2.45, 2.75) is 18.9 Å². The minimum absolute atomic E-state index is 0.00481. The smallest absolute Gasteiger partial charge is 0.169 e. The molecular weight excluding hydrogens is 246 g/mol. The summed E-state index contributed by atoms with van der Waals surface area (Å²) in [6.45, 7) is 1.64. The summed E-state index contributed by atoms with van der Waals surface area (Å²) in [7, 11) is 0. The molecule has 1 saturated heterocycles. The average molecular weight is 260 g/mol. The van der Waals surface area contributed by atoms with Gasteiger partial charge in [-0.15, -0.1) is 0 Å². The topological polar surface area (TPSA) is 48.4 Å². The Kier molecular flexibility index (Phi) is 3.26. The van der Waals surface area contributed by atoms with Crippen LogP contribution in [0, 0.1) is 5.92 Å². The second-order valence-electron chi connectivity index (χ2n) is 3.62. The van der Waals surface area contributed by atoms with Crippen LogP contribution in [0.3, 0.4) is 0 Å². The number of hydrogen-bond acceptors (Lipinski definition) is 3. The van der Waals surface area contributed by atoms with Gasteiger partial charge in [-0.25, -0.2) is 0 Å². The van der Waals surface area contributed by atoms with Crippen molar-refractivity contribution >= 4 is 15.9 Å². The molecule has 14 heavy (non-hydrogen) atoms. The van der Waals surface area contributed by atoms with Crippen LogP contribution in [0.2, 0.25) is 0 Å². The Bertz CT molecular complexity index is 294. The van der Waals surface area contributed by atoms with E-state index in [0.717, 1.165) is 36.5 Å². The lowest BCUT2D eigenvalue weighted by atomic mass is 9.91. The SMILES string of the molecule is NC(c1ccc(Br)o1)C1CCOCC1. The molecular formula is C10H14BrNO2. The average Bonchev–Trinajstić information content (AvgIpc) is 2.65. The number of halogens is 1. The van der Waals surface area contributed by atoms with E-state index in [-0.39, 0.29) is 6.04 Å². The maximum Gasteiger partial charge on any atom is 0.169 e. The van der Waals surface area contributed by atoms with Gasteiger partial charge in [0, 0.05) is 13.2 Å². The molecule has 1 atom stereocenters. The van der Waals surface area contributed by atoms with Crippen molar-refractivity contribution in [2.75, 3.05) is 13.2 Å². The van der Waals surface area contributed by atoms with Crippen molar-refractivity contribution in [3.8, 4) is 0 Å². The van der Waals surface area contributed by atoms with Gasteiger partial charge in [-0.2, -0.15) is 0 Å². The van der Waals surface area contributed by atoms with Crippen molar-refractivity contribution in [1.82, 2.24) is 0 Å². The van der Waals surface area contributed by atoms with E-state index in [4.69, 9.17) is 14.9 Å². The van der Waals surface area contributed by atoms with E-state index in [9.17, 15) is 0 Å². The van der Waals surface area contributed by atoms with Gasteiger partial charge in [0.25, 0.3) is 0 Å². The fourth-order valence-electron chi connectivity index (χ4n) is 1.81. The Labute approximate surface area is 91.7 Å². The lowest BCUT2D eigenvalue weighted by molar-refractivity contribution is 0.0559. The normalized spacial score (nSPS) is 21.0. The standard InChI is InChI=1S/C10H14BrNO2/c11-9-2-1-8(14-9)10(12)7-3-5-13-6-4-7/h1-2,7,10H,3-6,12H2. The van der Waals surface area contributed by atoms with Crippen LogP contribution in [0.25, 0.3) is 0 Å². The fourth-order valence-corrected chi connectivity index (χ4v) is 2.13. The van der Waals surface area contributed by atoms with E-state index < -0.39 is 0 Å². The highest BCUT2D eigenvalue weighted by Gasteiger charge is 2.24. The Morgan fingerprint density at radius 1 is 1.36 bits per heavy atom. The summed E-state index contributed by atoms with van der Waals surface area (Å²) in [5.74, 6) is 1.35. The van der Waals surface area contributed by atoms with E-state index in [1.54, 1.807) is 0 Å². The Morgan fingerprint density at radius 2 is 2.07 bits per heavy atom. The van der Waals surface area contributed by atoms with Crippen molar-refractivity contribution in [3.63, 3.8) is 0 Å². The van der Waals surface area contributed by atoms with E-state index in [0.29, 0.717) is 5.92 Å². The van der Waals surface area contributed by atoms with Gasteiger partial charge in [-0.1, -0.05) is 0 Å². The quantitative estimate of drug-likeness (QED) is 0.888. The van der Waals surface area contributed by atoms with Crippen LogP contribution in [0.4, 0.5) is 0 Å². The third kappa shape index (κ3) is 2.19. The lowest BCUT2D eigenvalue weighted by Gasteiger charge is -2.26. The molecule has 0 radical (unpaired) electrons. The molecule has 1 aliphatic rings. The second-order valence-corrected chi connectivity index (χ2v) is 4.40. The number of rotatable bonds is 2. The molecule has 3 nitrogen and oxygen atoms in total. The molecule has 0 spiro atoms. The molecule has 0 aromatic carbocycles. The first-order valence-electron chi connectivity index (χ1n) is 4.86. The highest BCUT2D eigenvalue weighted by atomic mass is 79.9. The van der Waals surface area contributed by atoms with Gasteiger partial charge >= 0.3 is 0 Å². The Morgan fingerprint density at radius 3 is 2.64 bits per heavy atom. The molecule has 0 bridgehead atoms. The predicted octanol–water partition coefficient (Wildman–Crippen LogP) is 2.47. The van der Waals surface area contributed by atoms with Gasteiger partial charge in [0.15, 0.2) is 4.67 Å². The third-order valence-corrected chi connectivity index (χ3v) is 3.12. The number of nitrogens with two attached hydrogens (primary N) is 1. The van der Waals surface area contributed by atoms with E-state index >= 15 is 0 Å². The van der Waals surface area contributed by atoms with E-state index in [1.807, 2.05) is 12.1 Å². The molecule has 0 saturated carbocycles. The molecule has 1 aliphatic heterocycles. The summed E-state index contributed by atoms with van der Waals surface area (Å²) in [4.78, 5) is 0. The van der Waals surface area contributed by atoms with Gasteiger partial charge in [0.2, 0.25) is 0 Å². The van der Waals surface area contributed by atoms with Crippen molar-refractivity contribution in [2.24, 2.45) is 11.7 Å². The summed E-state index contributed by atoms with van der Waals surface area (Å²) in [5.41, 5.74) is 6.11. The largest absolute Gasteiger partial charge is 0.453 e. The molecule has 1 aromatic rings. The summed E-state index contributed by atoms with van der Waals surface area (Å²) in [5, 5.41) is 0. The van der Waals surface area contributed by atoms with Crippen LogP contribution < -0.4 is 5.73 Å². The first-order chi connectivity index (χ1) is 6.77. The summed E-state index contributed by atoms with van der Waals surface area (Å²) >= 11 is 3.28. The van der Waals surface area contributed by atoms with E-state index in [1.165, 1.54) is 0 Å². The summed E-state index contributed by atoms with van der Waals surface area (Å²) in [6.07, 6.45) is 2.05. The summed E-state index contributed by atoms with van der Waals surface area (Å²) < 4.78 is 11.5. The zero-order valence-corrected chi connectivity index (χ0v) is 9.50. The van der Waals surface area contributed by atoms with Crippen LogP contribution in [-0.2, 0) is 4.74 Å². The summed E-state index contributed by atoms with van der Waals surface area (Å²) in [6, 6.07) is 3.82. The molecule has 2 rings (SSSR count). The number of ether oxygens (including phenoxy) is 1. The monoisotopic (exact) mass is 259 g/mol. The molecule has 0 aliphatic carbocycles. The third-order valence-electron chi connectivity index (χ3n) is 2.70. The Hall–Kier alpha value is -0.320. The molecule has 4 heteroatoms. The van der Waals surface area contributed by atoms with Gasteiger partial charge < -0.3 is 14.9 Å². The maximum atomic E-state index is 6.11. The zero-order chi connectivity index (χ0) is 9.97. The fraction of sp³-hybridized carbons (Fsp3) is 0.600. The van der Waals surface area contributed by atoms with Crippen LogP contribution in [0.1, 0.15) is 24.6 Å². The van der Waals surface area contributed by atoms with Gasteiger partial charge in [-0.05, 0) is 46.8 Å². The Balaban J connectivity index is 2.03. The van der Waals surface area contributed by atoms with Crippen molar-refractivity contribution < 1.29 is 9.15 Å². The lowest BCUT2D eigenvalue weighted by Crippen LogP contribution is -2.27. The highest BCUT2D eigenvalue weighted by Crippen LogP contribution is 2.30. The molecule has 1 fully saturated rings. The van der Waals surface area contributed by atoms with Crippen molar-refractivity contribution in [1.29, 1.82) is 0 Å². The van der Waals surface area contributed by atoms with Crippen LogP contribution in [-0.4, -0.2) is 13.2 Å². The first-order valence-corrected chi connectivity index (χ1v) is 5.65. The van der Waals surface area contributed by atoms with E-state index in [2.05, 4.69) is 15.9 Å². The molecule has 1 aromatic heterocycles. The highest BCUT2D eigenvalue weighted by molar-refractivity contribution is 9.10. The van der Waals surface area contributed by atoms with Gasteiger partial charge in [0.1, 0.15) is 5.76 Å². The van der Waals surface area contributed by atoms with Crippen molar-refractivity contribution in [3.05, 3.63) is 22.6 Å². The minimum atomic E-state index is 0.00481. The number of hydrogen-bond donors (Lipinski definition) is 1. The predicted molar refractivity (Wildman–Crippen MR) is 56.9 cm³/mol. The minimum Gasteiger partial charge on any atom is -0.453 e. The maximum absolute atomic E-state index is 6.11. The van der Waals surface area contributed by atoms with Gasteiger partial charge in [-0.3, -0.25) is 0 Å². The molecule has 78 valence electrons. The second kappa shape index (κ2) is 4.47. The van der Waals surface area contributed by atoms with Crippen LogP contribution in [0.15, 0.2) is 21.2 Å². The zero-order valence-electron chi connectivity index (χ0n) is 7.91. The molecule has 1 unspecified atom stereocenters. The number of furan rings is 1. The molecule has 2 heterocycles. The molecule has 0 amide bonds. The van der Waals surface area contributed by atoms with Gasteiger partial charge in [0.05, 0.1) is 6.04 Å². The van der Waals surface area contributed by atoms with Crippen LogP contribution in [0.5, 0.6) is 0 Å². The van der Waals surface area contributed by atoms with Crippen LogP contribution >= 0.6 is 15.9 Å².